The van der Waals surface area contributed by atoms with Gasteiger partial charge in [-0.2, -0.15) is 0 Å². The van der Waals surface area contributed by atoms with Gasteiger partial charge in [0.25, 0.3) is 5.91 Å². The molecule has 1 rings (SSSR count). The number of carbonyl (C=O) groups is 1. The number of amides is 1. The quantitative estimate of drug-likeness (QED) is 0.698. The SMILES string of the molecule is CCC(CC)(CO)NC(=O)c1cc(C)cc(N)c1. The fourth-order valence-corrected chi connectivity index (χ4v) is 1.95. The van der Waals surface area contributed by atoms with Gasteiger partial charge in [0, 0.05) is 11.3 Å². The van der Waals surface area contributed by atoms with Crippen LogP contribution in [0.25, 0.3) is 0 Å². The largest absolute Gasteiger partial charge is 0.399 e. The van der Waals surface area contributed by atoms with Crippen molar-refractivity contribution in [1.29, 1.82) is 0 Å². The van der Waals surface area contributed by atoms with E-state index in [4.69, 9.17) is 5.73 Å². The molecule has 0 aromatic heterocycles. The van der Waals surface area contributed by atoms with Crippen molar-refractivity contribution in [2.45, 2.75) is 39.2 Å². The Morgan fingerprint density at radius 3 is 2.39 bits per heavy atom. The maximum absolute atomic E-state index is 12.2. The Morgan fingerprint density at radius 1 is 1.33 bits per heavy atom. The predicted molar refractivity (Wildman–Crippen MR) is 73.5 cm³/mol. The molecule has 0 radical (unpaired) electrons. The van der Waals surface area contributed by atoms with E-state index < -0.39 is 5.54 Å². The molecule has 18 heavy (non-hydrogen) atoms. The van der Waals surface area contributed by atoms with Crippen molar-refractivity contribution in [3.05, 3.63) is 29.3 Å². The second kappa shape index (κ2) is 5.87. The average Bonchev–Trinajstić information content (AvgIpc) is 2.35. The van der Waals surface area contributed by atoms with Crippen LogP contribution in [0.5, 0.6) is 0 Å². The number of nitrogen functional groups attached to an aromatic ring is 1. The zero-order chi connectivity index (χ0) is 13.8. The van der Waals surface area contributed by atoms with Gasteiger partial charge in [-0.3, -0.25) is 4.79 Å². The lowest BCUT2D eigenvalue weighted by Gasteiger charge is -2.30. The molecule has 100 valence electrons. The maximum Gasteiger partial charge on any atom is 0.251 e. The Morgan fingerprint density at radius 2 is 1.94 bits per heavy atom. The summed E-state index contributed by atoms with van der Waals surface area (Å²) >= 11 is 0. The van der Waals surface area contributed by atoms with E-state index in [1.165, 1.54) is 0 Å². The third-order valence-electron chi connectivity index (χ3n) is 3.40. The Bertz CT molecular complexity index is 397. The van der Waals surface area contributed by atoms with Gasteiger partial charge in [0.1, 0.15) is 0 Å². The third kappa shape index (κ3) is 3.23. The summed E-state index contributed by atoms with van der Waals surface area (Å²) in [6.45, 7) is 5.73. The van der Waals surface area contributed by atoms with Gasteiger partial charge < -0.3 is 16.2 Å². The number of anilines is 1. The van der Waals surface area contributed by atoms with Crippen molar-refractivity contribution in [1.82, 2.24) is 5.32 Å². The summed E-state index contributed by atoms with van der Waals surface area (Å²) in [6.07, 6.45) is 1.38. The summed E-state index contributed by atoms with van der Waals surface area (Å²) < 4.78 is 0. The van der Waals surface area contributed by atoms with Crippen LogP contribution >= 0.6 is 0 Å². The molecular formula is C14H22N2O2. The molecule has 1 amide bonds. The lowest BCUT2D eigenvalue weighted by Crippen LogP contribution is -2.50. The highest BCUT2D eigenvalue weighted by Crippen LogP contribution is 2.17. The van der Waals surface area contributed by atoms with Gasteiger partial charge in [-0.05, 0) is 43.5 Å². The summed E-state index contributed by atoms with van der Waals surface area (Å²) in [7, 11) is 0. The van der Waals surface area contributed by atoms with E-state index in [-0.39, 0.29) is 12.5 Å². The highest BCUT2D eigenvalue weighted by molar-refractivity contribution is 5.95. The molecule has 1 aromatic carbocycles. The first-order valence-corrected chi connectivity index (χ1v) is 6.27. The highest BCUT2D eigenvalue weighted by atomic mass is 16.3. The Balaban J connectivity index is 2.94. The van der Waals surface area contributed by atoms with Gasteiger partial charge in [-0.1, -0.05) is 13.8 Å². The van der Waals surface area contributed by atoms with Crippen LogP contribution < -0.4 is 11.1 Å². The minimum atomic E-state index is -0.546. The van der Waals surface area contributed by atoms with Gasteiger partial charge in [-0.25, -0.2) is 0 Å². The Kier molecular flexibility index (Phi) is 4.73. The minimum absolute atomic E-state index is 0.0625. The summed E-state index contributed by atoms with van der Waals surface area (Å²) in [4.78, 5) is 12.2. The maximum atomic E-state index is 12.2. The standard InChI is InChI=1S/C14H22N2O2/c1-4-14(5-2,9-17)16-13(18)11-6-10(3)7-12(15)8-11/h6-8,17H,4-5,9,15H2,1-3H3,(H,16,18). The smallest absolute Gasteiger partial charge is 0.251 e. The van der Waals surface area contributed by atoms with Crippen LogP contribution in [-0.4, -0.2) is 23.2 Å². The highest BCUT2D eigenvalue weighted by Gasteiger charge is 2.27. The fourth-order valence-electron chi connectivity index (χ4n) is 1.95. The van der Waals surface area contributed by atoms with Crippen molar-refractivity contribution >= 4 is 11.6 Å². The zero-order valence-corrected chi connectivity index (χ0v) is 11.3. The molecule has 4 heteroatoms. The van der Waals surface area contributed by atoms with Crippen molar-refractivity contribution in [2.75, 3.05) is 12.3 Å². The first-order valence-electron chi connectivity index (χ1n) is 6.27. The van der Waals surface area contributed by atoms with Gasteiger partial charge in [-0.15, -0.1) is 0 Å². The van der Waals surface area contributed by atoms with E-state index in [0.717, 1.165) is 5.56 Å². The normalized spacial score (nSPS) is 11.3. The van der Waals surface area contributed by atoms with Crippen LogP contribution in [0.2, 0.25) is 0 Å². The lowest BCUT2D eigenvalue weighted by atomic mass is 9.93. The fraction of sp³-hybridized carbons (Fsp3) is 0.500. The first-order chi connectivity index (χ1) is 8.46. The summed E-state index contributed by atoms with van der Waals surface area (Å²) in [5.41, 5.74) is 7.24. The molecule has 0 saturated heterocycles. The van der Waals surface area contributed by atoms with Crippen LogP contribution in [0.4, 0.5) is 5.69 Å². The number of nitrogens with two attached hydrogens (primary N) is 1. The zero-order valence-electron chi connectivity index (χ0n) is 11.3. The number of hydrogen-bond acceptors (Lipinski definition) is 3. The van der Waals surface area contributed by atoms with E-state index in [9.17, 15) is 9.90 Å². The second-order valence-electron chi connectivity index (χ2n) is 4.73. The molecule has 0 atom stereocenters. The second-order valence-corrected chi connectivity index (χ2v) is 4.73. The van der Waals surface area contributed by atoms with E-state index >= 15 is 0 Å². The van der Waals surface area contributed by atoms with Crippen LogP contribution in [-0.2, 0) is 0 Å². The monoisotopic (exact) mass is 250 g/mol. The van der Waals surface area contributed by atoms with E-state index in [0.29, 0.717) is 24.1 Å². The molecule has 0 aliphatic heterocycles. The van der Waals surface area contributed by atoms with Crippen molar-refractivity contribution in [3.8, 4) is 0 Å². The number of aryl methyl sites for hydroxylation is 1. The molecule has 0 saturated carbocycles. The number of aliphatic hydroxyl groups excluding tert-OH is 1. The van der Waals surface area contributed by atoms with E-state index in [2.05, 4.69) is 5.32 Å². The number of carbonyl (C=O) groups excluding carboxylic acids is 1. The summed E-state index contributed by atoms with van der Waals surface area (Å²) in [5, 5.41) is 12.3. The van der Waals surface area contributed by atoms with Crippen LogP contribution in [0.3, 0.4) is 0 Å². The first kappa shape index (κ1) is 14.5. The van der Waals surface area contributed by atoms with Crippen LogP contribution in [0, 0.1) is 6.92 Å². The van der Waals surface area contributed by atoms with E-state index in [1.807, 2.05) is 26.8 Å². The molecule has 0 spiro atoms. The molecule has 0 unspecified atom stereocenters. The molecule has 4 N–H and O–H groups in total. The topological polar surface area (TPSA) is 75.3 Å². The van der Waals surface area contributed by atoms with E-state index in [1.54, 1.807) is 12.1 Å². The van der Waals surface area contributed by atoms with Gasteiger partial charge in [0.2, 0.25) is 0 Å². The number of nitrogens with one attached hydrogen (secondary N) is 1. The Hall–Kier alpha value is -1.55. The molecule has 4 nitrogen and oxygen atoms in total. The van der Waals surface area contributed by atoms with Crippen molar-refractivity contribution in [3.63, 3.8) is 0 Å². The summed E-state index contributed by atoms with van der Waals surface area (Å²) in [6, 6.07) is 5.25. The number of hydrogen-bond donors (Lipinski definition) is 3. The predicted octanol–water partition coefficient (Wildman–Crippen LogP) is 1.86. The minimum Gasteiger partial charge on any atom is -0.399 e. The van der Waals surface area contributed by atoms with Crippen molar-refractivity contribution in [2.24, 2.45) is 0 Å². The van der Waals surface area contributed by atoms with Gasteiger partial charge in [0.05, 0.1) is 12.1 Å². The third-order valence-corrected chi connectivity index (χ3v) is 3.40. The van der Waals surface area contributed by atoms with Crippen LogP contribution in [0.1, 0.15) is 42.6 Å². The molecule has 0 fully saturated rings. The molecule has 1 aromatic rings. The lowest BCUT2D eigenvalue weighted by molar-refractivity contribution is 0.0818. The number of benzene rings is 1. The van der Waals surface area contributed by atoms with Gasteiger partial charge >= 0.3 is 0 Å². The van der Waals surface area contributed by atoms with Crippen LogP contribution in [0.15, 0.2) is 18.2 Å². The summed E-state index contributed by atoms with van der Waals surface area (Å²) in [5.74, 6) is -0.192. The molecule has 0 aliphatic rings. The molecule has 0 aliphatic carbocycles. The molecule has 0 heterocycles. The van der Waals surface area contributed by atoms with Gasteiger partial charge in [0.15, 0.2) is 0 Å². The number of rotatable bonds is 5. The number of aliphatic hydroxyl groups is 1. The molecular weight excluding hydrogens is 228 g/mol. The average molecular weight is 250 g/mol. The molecule has 0 bridgehead atoms. The Labute approximate surface area is 108 Å². The van der Waals surface area contributed by atoms with Crippen molar-refractivity contribution < 1.29 is 9.90 Å².